The number of benzene rings is 1. The van der Waals surface area contributed by atoms with Gasteiger partial charge in [-0.15, -0.1) is 4.83 Å². The van der Waals surface area contributed by atoms with Crippen LogP contribution in [0.25, 0.3) is 10.9 Å². The maximum Gasteiger partial charge on any atom is 0.417 e. The summed E-state index contributed by atoms with van der Waals surface area (Å²) >= 11 is 0. The lowest BCUT2D eigenvalue weighted by molar-refractivity contribution is -0.138. The fourth-order valence-electron chi connectivity index (χ4n) is 2.59. The standard InChI is InChI=1S/C16H16F9N5O2S/c1-29(2)33(31,32)28-27-13-6-11(16(23,24)25)10-5-9(3-4-12(10)26-13)30(7-14(17,18)19)8-15(20,21)22/h3-6,28H,7-8H2,1-2H3,(H,26,27). The molecule has 0 bridgehead atoms. The zero-order valence-electron chi connectivity index (χ0n) is 16.7. The van der Waals surface area contributed by atoms with Crippen molar-refractivity contribution in [3.8, 4) is 0 Å². The van der Waals surface area contributed by atoms with Crippen LogP contribution in [-0.4, -0.2) is 57.2 Å². The Morgan fingerprint density at radius 3 is 1.91 bits per heavy atom. The van der Waals surface area contributed by atoms with Crippen molar-refractivity contribution in [3.05, 3.63) is 29.8 Å². The molecule has 1 aromatic carbocycles. The molecule has 1 heterocycles. The summed E-state index contributed by atoms with van der Waals surface area (Å²) in [5.41, 5.74) is -0.711. The number of hydrogen-bond donors (Lipinski definition) is 2. The van der Waals surface area contributed by atoms with Gasteiger partial charge in [0.05, 0.1) is 11.1 Å². The van der Waals surface area contributed by atoms with Crippen molar-refractivity contribution < 1.29 is 47.9 Å². The smallest absolute Gasteiger partial charge is 0.353 e. The Morgan fingerprint density at radius 1 is 0.909 bits per heavy atom. The van der Waals surface area contributed by atoms with Crippen molar-refractivity contribution in [1.29, 1.82) is 0 Å². The highest BCUT2D eigenvalue weighted by Crippen LogP contribution is 2.38. The number of nitrogens with one attached hydrogen (secondary N) is 2. The highest BCUT2D eigenvalue weighted by Gasteiger charge is 2.38. The molecule has 2 rings (SSSR count). The van der Waals surface area contributed by atoms with E-state index in [1.165, 1.54) is 0 Å². The molecule has 2 N–H and O–H groups in total. The van der Waals surface area contributed by atoms with Crippen LogP contribution in [0.1, 0.15) is 5.56 Å². The molecule has 0 amide bonds. The Balaban J connectivity index is 2.58. The number of aromatic nitrogens is 1. The Kier molecular flexibility index (Phi) is 7.30. The van der Waals surface area contributed by atoms with Gasteiger partial charge in [-0.25, -0.2) is 4.98 Å². The quantitative estimate of drug-likeness (QED) is 0.434. The molecule has 0 aliphatic heterocycles. The van der Waals surface area contributed by atoms with Crippen LogP contribution in [0.2, 0.25) is 0 Å². The molecule has 1 aromatic heterocycles. The number of fused-ring (bicyclic) bond motifs is 1. The Hall–Kier alpha value is -2.53. The summed E-state index contributed by atoms with van der Waals surface area (Å²) in [5, 5.41) is -0.782. The normalized spacial score (nSPS) is 13.6. The van der Waals surface area contributed by atoms with E-state index in [9.17, 15) is 47.9 Å². The predicted octanol–water partition coefficient (Wildman–Crippen LogP) is 3.91. The summed E-state index contributed by atoms with van der Waals surface area (Å²) < 4.78 is 142. The van der Waals surface area contributed by atoms with Crippen molar-refractivity contribution in [2.45, 2.75) is 18.5 Å². The first kappa shape index (κ1) is 26.7. The molecule has 7 nitrogen and oxygen atoms in total. The van der Waals surface area contributed by atoms with Crippen molar-refractivity contribution in [1.82, 2.24) is 14.1 Å². The van der Waals surface area contributed by atoms with E-state index in [-0.39, 0.29) is 4.90 Å². The molecule has 0 saturated carbocycles. The predicted molar refractivity (Wildman–Crippen MR) is 100 cm³/mol. The number of nitrogens with zero attached hydrogens (tertiary/aromatic N) is 3. The van der Waals surface area contributed by atoms with Gasteiger partial charge in [-0.2, -0.15) is 52.2 Å². The molecule has 186 valence electrons. The first-order valence-corrected chi connectivity index (χ1v) is 10.1. The number of rotatable bonds is 7. The van der Waals surface area contributed by atoms with Crippen molar-refractivity contribution in [3.63, 3.8) is 0 Å². The molecule has 0 saturated heterocycles. The third-order valence-electron chi connectivity index (χ3n) is 3.99. The van der Waals surface area contributed by atoms with Gasteiger partial charge in [-0.3, -0.25) is 5.43 Å². The molecule has 33 heavy (non-hydrogen) atoms. The van der Waals surface area contributed by atoms with E-state index >= 15 is 0 Å². The minimum atomic E-state index is -5.10. The number of halogens is 9. The molecule has 0 aliphatic carbocycles. The van der Waals surface area contributed by atoms with Gasteiger partial charge in [0.1, 0.15) is 18.9 Å². The van der Waals surface area contributed by atoms with E-state index in [2.05, 4.69) is 4.98 Å². The largest absolute Gasteiger partial charge is 0.417 e. The highest BCUT2D eigenvalue weighted by molar-refractivity contribution is 7.87. The molecule has 17 heteroatoms. The zero-order valence-corrected chi connectivity index (χ0v) is 17.5. The van der Waals surface area contributed by atoms with Gasteiger partial charge in [0.25, 0.3) is 10.2 Å². The minimum Gasteiger partial charge on any atom is -0.353 e. The van der Waals surface area contributed by atoms with E-state index in [1.54, 1.807) is 4.83 Å². The van der Waals surface area contributed by atoms with E-state index in [1.807, 2.05) is 5.43 Å². The molecule has 0 spiro atoms. The summed E-state index contributed by atoms with van der Waals surface area (Å²) in [6.07, 6.45) is -15.2. The molecule has 0 radical (unpaired) electrons. The number of pyridine rings is 1. The van der Waals surface area contributed by atoms with Crippen LogP contribution in [0, 0.1) is 0 Å². The van der Waals surface area contributed by atoms with Crippen molar-refractivity contribution >= 4 is 32.6 Å². The lowest BCUT2D eigenvalue weighted by Gasteiger charge is -2.27. The Bertz CT molecular complexity index is 1080. The maximum atomic E-state index is 13.6. The van der Waals surface area contributed by atoms with E-state index < -0.39 is 69.8 Å². The van der Waals surface area contributed by atoms with Gasteiger partial charge in [-0.1, -0.05) is 0 Å². The Labute approximate surface area is 181 Å². The van der Waals surface area contributed by atoms with E-state index in [0.717, 1.165) is 26.2 Å². The molecule has 2 aromatic rings. The zero-order chi connectivity index (χ0) is 25.4. The highest BCUT2D eigenvalue weighted by atomic mass is 32.2. The van der Waals surface area contributed by atoms with Gasteiger partial charge in [0.15, 0.2) is 0 Å². The first-order chi connectivity index (χ1) is 14.8. The molecule has 0 aliphatic rings. The SMILES string of the molecule is CN(C)S(=O)(=O)NNc1cc(C(F)(F)F)c2cc(N(CC(F)(F)F)CC(F)(F)F)ccc2n1. The van der Waals surface area contributed by atoms with Crippen LogP contribution in [0.5, 0.6) is 0 Å². The summed E-state index contributed by atoms with van der Waals surface area (Å²) in [5.74, 6) is -0.615. The molecular weight excluding hydrogens is 497 g/mol. The fourth-order valence-corrected chi connectivity index (χ4v) is 3.00. The van der Waals surface area contributed by atoms with Gasteiger partial charge >= 0.3 is 18.5 Å². The average molecular weight is 513 g/mol. The molecule has 0 atom stereocenters. The van der Waals surface area contributed by atoms with E-state index in [0.29, 0.717) is 16.4 Å². The summed E-state index contributed by atoms with van der Waals surface area (Å²) in [7, 11) is -1.85. The van der Waals surface area contributed by atoms with E-state index in [4.69, 9.17) is 0 Å². The van der Waals surface area contributed by atoms with Crippen LogP contribution < -0.4 is 15.2 Å². The lowest BCUT2D eigenvalue weighted by atomic mass is 10.1. The summed E-state index contributed by atoms with van der Waals surface area (Å²) in [6.45, 7) is -4.11. The van der Waals surface area contributed by atoms with Crippen LogP contribution in [-0.2, 0) is 16.4 Å². The van der Waals surface area contributed by atoms with Crippen LogP contribution in [0.3, 0.4) is 0 Å². The number of hydrazine groups is 1. The van der Waals surface area contributed by atoms with Crippen LogP contribution in [0.15, 0.2) is 24.3 Å². The minimum absolute atomic E-state index is 0.156. The molecule has 0 unspecified atom stereocenters. The van der Waals surface area contributed by atoms with Crippen LogP contribution in [0.4, 0.5) is 51.0 Å². The topological polar surface area (TPSA) is 77.6 Å². The number of alkyl halides is 9. The van der Waals surface area contributed by atoms with Crippen molar-refractivity contribution in [2.24, 2.45) is 0 Å². The number of anilines is 2. The van der Waals surface area contributed by atoms with Gasteiger partial charge in [0, 0.05) is 25.2 Å². The second kappa shape index (κ2) is 9.02. The first-order valence-electron chi connectivity index (χ1n) is 8.64. The van der Waals surface area contributed by atoms with Gasteiger partial charge in [0.2, 0.25) is 0 Å². The Morgan fingerprint density at radius 2 is 1.45 bits per heavy atom. The molecular formula is C16H16F9N5O2S. The lowest BCUT2D eigenvalue weighted by Crippen LogP contribution is -2.40. The van der Waals surface area contributed by atoms with Gasteiger partial charge < -0.3 is 4.90 Å². The third-order valence-corrected chi connectivity index (χ3v) is 5.31. The second-order valence-corrected chi connectivity index (χ2v) is 8.74. The summed E-state index contributed by atoms with van der Waals surface area (Å²) in [4.78, 5) is 5.35. The average Bonchev–Trinajstić information content (AvgIpc) is 2.61. The van der Waals surface area contributed by atoms with Crippen molar-refractivity contribution in [2.75, 3.05) is 37.5 Å². The number of hydrogen-bond acceptors (Lipinski definition) is 5. The second-order valence-electron chi connectivity index (χ2n) is 6.86. The molecule has 0 fully saturated rings. The van der Waals surface area contributed by atoms with Gasteiger partial charge in [-0.05, 0) is 24.3 Å². The van der Waals surface area contributed by atoms with Crippen LogP contribution >= 0.6 is 0 Å². The summed E-state index contributed by atoms with van der Waals surface area (Å²) in [6, 6.07) is 2.42. The fraction of sp³-hybridized carbons (Fsp3) is 0.438. The third kappa shape index (κ3) is 7.50. The monoisotopic (exact) mass is 513 g/mol. The maximum absolute atomic E-state index is 13.6.